The molecular formula is C17H27N3OS. The number of nitrogens with one attached hydrogen (secondary N) is 2. The standard InChI is InChI=1S/C17H27N3OS/c1-20(16-7-3-2-4-8-16)11-6-5-9-19-17(21)13-15-14-22-12-10-18-15/h2-4,7-8,15,18H,5-6,9-14H2,1H3,(H,19,21). The highest BCUT2D eigenvalue weighted by Crippen LogP contribution is 2.11. The van der Waals surface area contributed by atoms with Gasteiger partial charge in [0.1, 0.15) is 0 Å². The van der Waals surface area contributed by atoms with Crippen LogP contribution in [0.3, 0.4) is 0 Å². The lowest BCUT2D eigenvalue weighted by molar-refractivity contribution is -0.121. The first kappa shape index (κ1) is 17.2. The largest absolute Gasteiger partial charge is 0.375 e. The molecule has 0 radical (unpaired) electrons. The van der Waals surface area contributed by atoms with Crippen molar-refractivity contribution in [3.8, 4) is 0 Å². The van der Waals surface area contributed by atoms with Crippen LogP contribution in [0.4, 0.5) is 5.69 Å². The number of para-hydroxylation sites is 1. The Labute approximate surface area is 138 Å². The lowest BCUT2D eigenvalue weighted by Crippen LogP contribution is -2.41. The van der Waals surface area contributed by atoms with Crippen molar-refractivity contribution in [2.75, 3.05) is 43.1 Å². The van der Waals surface area contributed by atoms with Crippen LogP contribution >= 0.6 is 11.8 Å². The van der Waals surface area contributed by atoms with E-state index in [1.54, 1.807) is 0 Å². The fourth-order valence-electron chi connectivity index (χ4n) is 2.56. The van der Waals surface area contributed by atoms with Gasteiger partial charge in [0.25, 0.3) is 0 Å². The number of unbranched alkanes of at least 4 members (excludes halogenated alkanes) is 1. The van der Waals surface area contributed by atoms with Gasteiger partial charge >= 0.3 is 0 Å². The van der Waals surface area contributed by atoms with E-state index in [9.17, 15) is 4.79 Å². The summed E-state index contributed by atoms with van der Waals surface area (Å²) in [6.45, 7) is 2.82. The maximum absolute atomic E-state index is 11.9. The summed E-state index contributed by atoms with van der Waals surface area (Å²) in [4.78, 5) is 14.1. The van der Waals surface area contributed by atoms with Gasteiger partial charge in [0.2, 0.25) is 5.91 Å². The Morgan fingerprint density at radius 1 is 1.36 bits per heavy atom. The van der Waals surface area contributed by atoms with Gasteiger partial charge in [-0.3, -0.25) is 4.79 Å². The number of carbonyl (C=O) groups excluding carboxylic acids is 1. The molecule has 1 amide bonds. The number of rotatable bonds is 8. The van der Waals surface area contributed by atoms with Gasteiger partial charge in [0.15, 0.2) is 0 Å². The van der Waals surface area contributed by atoms with Gasteiger partial charge in [-0.2, -0.15) is 11.8 Å². The zero-order valence-electron chi connectivity index (χ0n) is 13.4. The second-order valence-corrected chi connectivity index (χ2v) is 6.89. The molecule has 1 atom stereocenters. The van der Waals surface area contributed by atoms with Crippen molar-refractivity contribution in [3.05, 3.63) is 30.3 Å². The van der Waals surface area contributed by atoms with Crippen molar-refractivity contribution in [2.45, 2.75) is 25.3 Å². The molecule has 2 rings (SSSR count). The zero-order chi connectivity index (χ0) is 15.6. The van der Waals surface area contributed by atoms with Gasteiger partial charge in [-0.15, -0.1) is 0 Å². The van der Waals surface area contributed by atoms with Gasteiger partial charge in [0.05, 0.1) is 0 Å². The molecule has 1 aliphatic heterocycles. The summed E-state index contributed by atoms with van der Waals surface area (Å²) in [7, 11) is 2.11. The lowest BCUT2D eigenvalue weighted by atomic mass is 10.2. The molecule has 1 fully saturated rings. The van der Waals surface area contributed by atoms with Crippen molar-refractivity contribution in [1.29, 1.82) is 0 Å². The Kier molecular flexibility index (Phi) is 7.60. The molecule has 0 aliphatic carbocycles. The average Bonchev–Trinajstić information content (AvgIpc) is 2.56. The Morgan fingerprint density at radius 3 is 2.91 bits per heavy atom. The molecule has 1 aromatic carbocycles. The average molecular weight is 321 g/mol. The fourth-order valence-corrected chi connectivity index (χ4v) is 3.51. The molecule has 2 N–H and O–H groups in total. The third-order valence-electron chi connectivity index (χ3n) is 3.87. The van der Waals surface area contributed by atoms with Crippen LogP contribution in [0.25, 0.3) is 0 Å². The van der Waals surface area contributed by atoms with Crippen molar-refractivity contribution in [1.82, 2.24) is 10.6 Å². The molecule has 1 saturated heterocycles. The van der Waals surface area contributed by atoms with Gasteiger partial charge < -0.3 is 15.5 Å². The predicted molar refractivity (Wildman–Crippen MR) is 95.7 cm³/mol. The van der Waals surface area contributed by atoms with E-state index in [0.717, 1.165) is 44.0 Å². The quantitative estimate of drug-likeness (QED) is 0.720. The summed E-state index contributed by atoms with van der Waals surface area (Å²) in [6.07, 6.45) is 2.72. The van der Waals surface area contributed by atoms with Crippen LogP contribution < -0.4 is 15.5 Å². The first-order valence-corrected chi connectivity index (χ1v) is 9.25. The molecule has 0 bridgehead atoms. The van der Waals surface area contributed by atoms with Gasteiger partial charge in [0, 0.05) is 56.3 Å². The molecule has 1 aliphatic rings. The highest BCUT2D eigenvalue weighted by Gasteiger charge is 2.16. The summed E-state index contributed by atoms with van der Waals surface area (Å²) in [5.41, 5.74) is 1.24. The van der Waals surface area contributed by atoms with E-state index in [2.05, 4.69) is 46.8 Å². The summed E-state index contributed by atoms with van der Waals surface area (Å²) >= 11 is 1.93. The Hall–Kier alpha value is -1.20. The number of nitrogens with zero attached hydrogens (tertiary/aromatic N) is 1. The van der Waals surface area contributed by atoms with E-state index in [1.807, 2.05) is 17.8 Å². The number of benzene rings is 1. The van der Waals surface area contributed by atoms with Gasteiger partial charge in [-0.05, 0) is 25.0 Å². The van der Waals surface area contributed by atoms with Crippen molar-refractivity contribution in [2.24, 2.45) is 0 Å². The van der Waals surface area contributed by atoms with E-state index in [4.69, 9.17) is 0 Å². The lowest BCUT2D eigenvalue weighted by Gasteiger charge is -2.22. The third kappa shape index (κ3) is 6.28. The van der Waals surface area contributed by atoms with E-state index < -0.39 is 0 Å². The van der Waals surface area contributed by atoms with Gasteiger partial charge in [-0.25, -0.2) is 0 Å². The molecule has 0 aromatic heterocycles. The number of carbonyl (C=O) groups is 1. The number of hydrogen-bond donors (Lipinski definition) is 2. The molecule has 22 heavy (non-hydrogen) atoms. The molecule has 0 spiro atoms. The van der Waals surface area contributed by atoms with Crippen molar-refractivity contribution in [3.63, 3.8) is 0 Å². The van der Waals surface area contributed by atoms with Crippen molar-refractivity contribution < 1.29 is 4.79 Å². The Morgan fingerprint density at radius 2 is 2.18 bits per heavy atom. The molecular weight excluding hydrogens is 294 g/mol. The predicted octanol–water partition coefficient (Wildman–Crippen LogP) is 2.11. The minimum atomic E-state index is 0.177. The molecule has 4 nitrogen and oxygen atoms in total. The monoisotopic (exact) mass is 321 g/mol. The number of hydrogen-bond acceptors (Lipinski definition) is 4. The fraction of sp³-hybridized carbons (Fsp3) is 0.588. The van der Waals surface area contributed by atoms with Crippen molar-refractivity contribution >= 4 is 23.4 Å². The number of thioether (sulfide) groups is 1. The summed E-state index contributed by atoms with van der Waals surface area (Å²) in [6, 6.07) is 10.7. The van der Waals surface area contributed by atoms with E-state index in [-0.39, 0.29) is 5.91 Å². The van der Waals surface area contributed by atoms with E-state index in [1.165, 1.54) is 5.69 Å². The Balaban J connectivity index is 1.52. The molecule has 5 heteroatoms. The topological polar surface area (TPSA) is 44.4 Å². The highest BCUT2D eigenvalue weighted by molar-refractivity contribution is 7.99. The minimum Gasteiger partial charge on any atom is -0.375 e. The maximum atomic E-state index is 11.9. The second-order valence-electron chi connectivity index (χ2n) is 5.74. The minimum absolute atomic E-state index is 0.177. The molecule has 1 heterocycles. The summed E-state index contributed by atoms with van der Waals surface area (Å²) < 4.78 is 0. The van der Waals surface area contributed by atoms with Crippen LogP contribution in [0, 0.1) is 0 Å². The second kappa shape index (κ2) is 9.74. The smallest absolute Gasteiger partial charge is 0.221 e. The van der Waals surface area contributed by atoms with E-state index >= 15 is 0 Å². The first-order valence-electron chi connectivity index (χ1n) is 8.10. The van der Waals surface area contributed by atoms with Crippen LogP contribution in [0.5, 0.6) is 0 Å². The van der Waals surface area contributed by atoms with Crippen LogP contribution in [0.2, 0.25) is 0 Å². The number of amides is 1. The highest BCUT2D eigenvalue weighted by atomic mass is 32.2. The Bertz CT molecular complexity index is 435. The molecule has 1 unspecified atom stereocenters. The summed E-state index contributed by atoms with van der Waals surface area (Å²) in [5, 5.41) is 6.43. The van der Waals surface area contributed by atoms with Crippen LogP contribution in [0.15, 0.2) is 30.3 Å². The van der Waals surface area contributed by atoms with Crippen LogP contribution in [-0.4, -0.2) is 50.1 Å². The molecule has 0 saturated carbocycles. The maximum Gasteiger partial charge on any atom is 0.221 e. The number of anilines is 1. The third-order valence-corrected chi connectivity index (χ3v) is 5.00. The molecule has 1 aromatic rings. The first-order chi connectivity index (χ1) is 10.8. The van der Waals surface area contributed by atoms with Crippen LogP contribution in [-0.2, 0) is 4.79 Å². The molecule has 122 valence electrons. The zero-order valence-corrected chi connectivity index (χ0v) is 14.2. The van der Waals surface area contributed by atoms with E-state index in [0.29, 0.717) is 12.5 Å². The SMILES string of the molecule is CN(CCCCNC(=O)CC1CSCCN1)c1ccccc1. The normalized spacial score (nSPS) is 18.0. The van der Waals surface area contributed by atoms with Crippen LogP contribution in [0.1, 0.15) is 19.3 Å². The summed E-state index contributed by atoms with van der Waals surface area (Å²) in [5.74, 6) is 2.39. The van der Waals surface area contributed by atoms with Gasteiger partial charge in [-0.1, -0.05) is 18.2 Å².